The molecule has 0 aliphatic rings. The van der Waals surface area contributed by atoms with E-state index in [0.717, 1.165) is 83.6 Å². The van der Waals surface area contributed by atoms with E-state index in [0.29, 0.717) is 45.0 Å². The van der Waals surface area contributed by atoms with E-state index in [4.69, 9.17) is 0 Å². The van der Waals surface area contributed by atoms with Crippen molar-refractivity contribution in [1.82, 2.24) is 9.13 Å². The Balaban J connectivity index is 1.20. The van der Waals surface area contributed by atoms with Crippen molar-refractivity contribution in [2.24, 2.45) is 0 Å². The predicted molar refractivity (Wildman–Crippen MR) is 296 cm³/mol. The molecule has 12 aromatic rings. The third kappa shape index (κ3) is 8.27. The molecule has 0 spiro atoms. The molecule has 0 aliphatic heterocycles. The molecule has 10 aromatic carbocycles. The Kier molecular flexibility index (Phi) is 11.4. The monoisotopic (exact) mass is 1010 g/mol. The van der Waals surface area contributed by atoms with Crippen molar-refractivity contribution in [2.75, 3.05) is 0 Å². The van der Waals surface area contributed by atoms with Crippen LogP contribution in [-0.4, -0.2) is 9.13 Å². The highest BCUT2D eigenvalue weighted by atomic mass is 19.4. The Labute approximate surface area is 434 Å². The van der Waals surface area contributed by atoms with Crippen LogP contribution in [0.25, 0.3) is 111 Å². The molecular formula is C67H45F6N3. The van der Waals surface area contributed by atoms with E-state index in [1.165, 1.54) is 12.1 Å². The number of fused-ring (bicyclic) bond motifs is 6. The summed E-state index contributed by atoms with van der Waals surface area (Å²) in [5, 5.41) is 14.4. The molecule has 2 heterocycles. The maximum absolute atomic E-state index is 15.6. The summed E-state index contributed by atoms with van der Waals surface area (Å²) in [7, 11) is 0. The van der Waals surface area contributed by atoms with Gasteiger partial charge in [-0.05, 0) is 145 Å². The van der Waals surface area contributed by atoms with Crippen molar-refractivity contribution < 1.29 is 26.3 Å². The maximum atomic E-state index is 15.6. The summed E-state index contributed by atoms with van der Waals surface area (Å²) < 4.78 is 97.4. The number of benzene rings is 10. The van der Waals surface area contributed by atoms with Gasteiger partial charge in [0, 0.05) is 32.7 Å². The Morgan fingerprint density at radius 1 is 0.342 bits per heavy atom. The predicted octanol–water partition coefficient (Wildman–Crippen LogP) is 19.4. The molecule has 0 aliphatic carbocycles. The molecule has 0 fully saturated rings. The van der Waals surface area contributed by atoms with Gasteiger partial charge in [0.2, 0.25) is 0 Å². The summed E-state index contributed by atoms with van der Waals surface area (Å²) in [5.41, 5.74) is 9.67. The third-order valence-electron chi connectivity index (χ3n) is 14.7. The van der Waals surface area contributed by atoms with E-state index >= 15 is 26.3 Å². The molecule has 0 N–H and O–H groups in total. The quantitative estimate of drug-likeness (QED) is 0.147. The number of nitrogens with zero attached hydrogens (tertiary/aromatic N) is 3. The van der Waals surface area contributed by atoms with Gasteiger partial charge in [0.25, 0.3) is 0 Å². The summed E-state index contributed by atoms with van der Waals surface area (Å²) in [5.74, 6) is 0. The Hall–Kier alpha value is -9.13. The van der Waals surface area contributed by atoms with E-state index in [1.807, 2.05) is 198 Å². The minimum absolute atomic E-state index is 0.0299. The number of hydrogen-bond acceptors (Lipinski definition) is 1. The van der Waals surface area contributed by atoms with Gasteiger partial charge in [-0.15, -0.1) is 0 Å². The SMILES string of the molecule is Cc1ccc(-c2ccc3c(c2)c2cc(-c4ccc(C)cc4)ccc2n3-c2cc(-c3c(C(F)(F)F)cccc3C(F)(F)F)c(-n3c4ccc(-c5ccc(C)cc5)cc4c4cc(-c5ccc(C)cc5)ccc43)cc2C#N)cc1. The highest BCUT2D eigenvalue weighted by Gasteiger charge is 2.42. The van der Waals surface area contributed by atoms with Gasteiger partial charge < -0.3 is 9.13 Å². The standard InChI is InChI=1S/C67H45F6N3/c1-39-8-16-43(17-9-39)47-24-28-59-52(32-47)53-33-48(44-18-10-40(2)11-19-44)25-29-60(53)75(59)63-37-56(65-57(66(68,69)70)6-5-7-58(65)67(71,72)73)64(36-51(63)38-74)76-61-30-26-49(45-20-12-41(3)13-21-45)34-54(61)55-35-50(27-31-62(55)76)46-22-14-42(4)15-23-46/h5-37H,1-4H3. The lowest BCUT2D eigenvalue weighted by molar-refractivity contribution is -0.142. The molecule has 0 unspecified atom stereocenters. The van der Waals surface area contributed by atoms with Crippen molar-refractivity contribution in [3.8, 4) is 73.1 Å². The average molecular weight is 1010 g/mol. The molecule has 9 heteroatoms. The van der Waals surface area contributed by atoms with Crippen molar-refractivity contribution >= 4 is 43.6 Å². The lowest BCUT2D eigenvalue weighted by Crippen LogP contribution is -2.15. The Morgan fingerprint density at radius 2 is 0.632 bits per heavy atom. The van der Waals surface area contributed by atoms with Crippen LogP contribution in [-0.2, 0) is 12.4 Å². The topological polar surface area (TPSA) is 33.6 Å². The van der Waals surface area contributed by atoms with Gasteiger partial charge in [-0.3, -0.25) is 0 Å². The fourth-order valence-electron chi connectivity index (χ4n) is 10.8. The molecule has 0 amide bonds. The summed E-state index contributed by atoms with van der Waals surface area (Å²) in [6.45, 7) is 8.02. The zero-order valence-corrected chi connectivity index (χ0v) is 41.7. The summed E-state index contributed by atoms with van der Waals surface area (Å²) >= 11 is 0. The van der Waals surface area contributed by atoms with Crippen LogP contribution in [0.3, 0.4) is 0 Å². The first kappa shape index (κ1) is 47.8. The highest BCUT2D eigenvalue weighted by molar-refractivity contribution is 6.14. The zero-order valence-electron chi connectivity index (χ0n) is 41.7. The van der Waals surface area contributed by atoms with Crippen LogP contribution < -0.4 is 0 Å². The van der Waals surface area contributed by atoms with Crippen LogP contribution in [0.5, 0.6) is 0 Å². The first-order chi connectivity index (χ1) is 36.5. The maximum Gasteiger partial charge on any atom is 0.417 e. The minimum atomic E-state index is -5.22. The highest BCUT2D eigenvalue weighted by Crippen LogP contribution is 2.50. The smallest absolute Gasteiger partial charge is 0.309 e. The van der Waals surface area contributed by atoms with E-state index in [-0.39, 0.29) is 22.5 Å². The van der Waals surface area contributed by atoms with Gasteiger partial charge in [-0.2, -0.15) is 31.6 Å². The Bertz CT molecular complexity index is 4080. The van der Waals surface area contributed by atoms with Crippen LogP contribution in [0.1, 0.15) is 38.9 Å². The summed E-state index contributed by atoms with van der Waals surface area (Å²) in [6, 6.07) is 63.0. The first-order valence-corrected chi connectivity index (χ1v) is 24.8. The van der Waals surface area contributed by atoms with Crippen LogP contribution in [0, 0.1) is 39.0 Å². The number of hydrogen-bond donors (Lipinski definition) is 0. The normalized spacial score (nSPS) is 12.1. The van der Waals surface area contributed by atoms with E-state index in [2.05, 4.69) is 6.07 Å². The van der Waals surface area contributed by atoms with Crippen molar-refractivity contribution in [2.45, 2.75) is 40.0 Å². The van der Waals surface area contributed by atoms with Crippen LogP contribution >= 0.6 is 0 Å². The number of rotatable bonds is 7. The molecule has 0 radical (unpaired) electrons. The molecular weight excluding hydrogens is 961 g/mol. The molecule has 76 heavy (non-hydrogen) atoms. The minimum Gasteiger partial charge on any atom is -0.309 e. The fourth-order valence-corrected chi connectivity index (χ4v) is 10.8. The van der Waals surface area contributed by atoms with Crippen molar-refractivity contribution in [3.05, 3.63) is 239 Å². The van der Waals surface area contributed by atoms with E-state index < -0.39 is 29.0 Å². The van der Waals surface area contributed by atoms with Crippen LogP contribution in [0.15, 0.2) is 200 Å². The van der Waals surface area contributed by atoms with Gasteiger partial charge in [-0.25, -0.2) is 0 Å². The Morgan fingerprint density at radius 3 is 0.921 bits per heavy atom. The van der Waals surface area contributed by atoms with Gasteiger partial charge >= 0.3 is 12.4 Å². The van der Waals surface area contributed by atoms with Gasteiger partial charge in [0.05, 0.1) is 50.1 Å². The number of aryl methyl sites for hydroxylation is 4. The molecule has 0 atom stereocenters. The zero-order chi connectivity index (χ0) is 52.8. The number of aromatic nitrogens is 2. The average Bonchev–Trinajstić information content (AvgIpc) is 3.93. The van der Waals surface area contributed by atoms with E-state index in [9.17, 15) is 5.26 Å². The number of nitriles is 1. The second-order valence-corrected chi connectivity index (χ2v) is 19.8. The number of halogens is 6. The summed E-state index contributed by atoms with van der Waals surface area (Å²) in [4.78, 5) is 0. The molecule has 0 saturated carbocycles. The molecule has 12 rings (SSSR count). The summed E-state index contributed by atoms with van der Waals surface area (Å²) in [6.07, 6.45) is -10.4. The van der Waals surface area contributed by atoms with Crippen molar-refractivity contribution in [1.29, 1.82) is 5.26 Å². The largest absolute Gasteiger partial charge is 0.417 e. The molecule has 0 saturated heterocycles. The number of alkyl halides is 6. The lowest BCUT2D eigenvalue weighted by Gasteiger charge is -2.24. The fraction of sp³-hybridized carbons (Fsp3) is 0.0896. The molecule has 3 nitrogen and oxygen atoms in total. The van der Waals surface area contributed by atoms with Gasteiger partial charge in [-0.1, -0.05) is 150 Å². The lowest BCUT2D eigenvalue weighted by atomic mass is 9.90. The van der Waals surface area contributed by atoms with Crippen molar-refractivity contribution in [3.63, 3.8) is 0 Å². The molecule has 2 aromatic heterocycles. The second-order valence-electron chi connectivity index (χ2n) is 19.8. The second kappa shape index (κ2) is 18.1. The van der Waals surface area contributed by atoms with Crippen LogP contribution in [0.4, 0.5) is 26.3 Å². The molecule has 0 bridgehead atoms. The molecule has 370 valence electrons. The third-order valence-corrected chi connectivity index (χ3v) is 14.7. The van der Waals surface area contributed by atoms with E-state index in [1.54, 1.807) is 9.13 Å². The van der Waals surface area contributed by atoms with Crippen LogP contribution in [0.2, 0.25) is 0 Å². The van der Waals surface area contributed by atoms with Gasteiger partial charge in [0.15, 0.2) is 0 Å². The van der Waals surface area contributed by atoms with Gasteiger partial charge in [0.1, 0.15) is 6.07 Å². The first-order valence-electron chi connectivity index (χ1n) is 24.8.